The van der Waals surface area contributed by atoms with E-state index in [2.05, 4.69) is 5.32 Å². The largest absolute Gasteiger partial charge is 0.481 e. The lowest BCUT2D eigenvalue weighted by Gasteiger charge is -2.24. The Morgan fingerprint density at radius 1 is 1.38 bits per heavy atom. The Balaban J connectivity index is 1.99. The van der Waals surface area contributed by atoms with Gasteiger partial charge >= 0.3 is 5.97 Å². The number of halogens is 1. The molecule has 0 bridgehead atoms. The predicted molar refractivity (Wildman–Crippen MR) is 81.2 cm³/mol. The Labute approximate surface area is 129 Å². The molecule has 1 atom stereocenters. The maximum absolute atomic E-state index is 12.2. The van der Waals surface area contributed by atoms with Crippen molar-refractivity contribution in [3.63, 3.8) is 0 Å². The van der Waals surface area contributed by atoms with Crippen molar-refractivity contribution >= 4 is 23.5 Å². The van der Waals surface area contributed by atoms with Crippen LogP contribution >= 0.6 is 11.6 Å². The van der Waals surface area contributed by atoms with E-state index >= 15 is 0 Å². The van der Waals surface area contributed by atoms with Crippen molar-refractivity contribution in [2.24, 2.45) is 5.41 Å². The minimum Gasteiger partial charge on any atom is -0.481 e. The first-order chi connectivity index (χ1) is 9.93. The number of carboxylic acid groups (broad SMARTS) is 1. The van der Waals surface area contributed by atoms with Crippen LogP contribution in [-0.2, 0) is 9.59 Å². The summed E-state index contributed by atoms with van der Waals surface area (Å²) in [6, 6.07) is 7.10. The summed E-state index contributed by atoms with van der Waals surface area (Å²) in [7, 11) is 0. The van der Waals surface area contributed by atoms with Crippen LogP contribution in [-0.4, -0.2) is 17.0 Å². The normalized spacial score (nSPS) is 18.2. The quantitative estimate of drug-likeness (QED) is 0.874. The number of carbonyl (C=O) groups excluding carboxylic acids is 1. The lowest BCUT2D eigenvalue weighted by atomic mass is 9.82. The second-order valence-electron chi connectivity index (χ2n) is 5.81. The van der Waals surface area contributed by atoms with Crippen molar-refractivity contribution in [3.8, 4) is 0 Å². The molecule has 4 nitrogen and oxygen atoms in total. The zero-order chi connectivity index (χ0) is 15.5. The van der Waals surface area contributed by atoms with Crippen molar-refractivity contribution in [2.75, 3.05) is 0 Å². The van der Waals surface area contributed by atoms with Gasteiger partial charge < -0.3 is 10.4 Å². The summed E-state index contributed by atoms with van der Waals surface area (Å²) in [5, 5.41) is 12.9. The van der Waals surface area contributed by atoms with E-state index < -0.39 is 11.4 Å². The summed E-state index contributed by atoms with van der Waals surface area (Å²) >= 11 is 5.94. The molecule has 114 valence electrons. The van der Waals surface area contributed by atoms with Gasteiger partial charge in [0.25, 0.3) is 0 Å². The Bertz CT molecular complexity index is 538. The van der Waals surface area contributed by atoms with E-state index in [9.17, 15) is 14.7 Å². The number of benzene rings is 1. The van der Waals surface area contributed by atoms with Crippen LogP contribution in [0.2, 0.25) is 5.02 Å². The monoisotopic (exact) mass is 309 g/mol. The van der Waals surface area contributed by atoms with Crippen molar-refractivity contribution < 1.29 is 14.7 Å². The molecule has 1 amide bonds. The van der Waals surface area contributed by atoms with Crippen LogP contribution in [0.5, 0.6) is 0 Å². The van der Waals surface area contributed by atoms with Gasteiger partial charge in [0, 0.05) is 11.4 Å². The van der Waals surface area contributed by atoms with E-state index in [1.165, 1.54) is 0 Å². The lowest BCUT2D eigenvalue weighted by molar-refractivity contribution is -0.151. The van der Waals surface area contributed by atoms with Gasteiger partial charge in [-0.1, -0.05) is 36.6 Å². The van der Waals surface area contributed by atoms with Crippen LogP contribution in [0.1, 0.15) is 50.6 Å². The summed E-state index contributed by atoms with van der Waals surface area (Å²) in [4.78, 5) is 23.6. The maximum Gasteiger partial charge on any atom is 0.310 e. The smallest absolute Gasteiger partial charge is 0.310 e. The van der Waals surface area contributed by atoms with Crippen LogP contribution in [0.15, 0.2) is 24.3 Å². The van der Waals surface area contributed by atoms with E-state index in [0.717, 1.165) is 18.4 Å². The van der Waals surface area contributed by atoms with Crippen molar-refractivity contribution in [1.29, 1.82) is 0 Å². The molecule has 1 fully saturated rings. The number of hydrogen-bond acceptors (Lipinski definition) is 2. The Morgan fingerprint density at radius 2 is 2.05 bits per heavy atom. The van der Waals surface area contributed by atoms with Crippen LogP contribution < -0.4 is 5.32 Å². The van der Waals surface area contributed by atoms with Crippen LogP contribution in [0.4, 0.5) is 0 Å². The number of hydrogen-bond donors (Lipinski definition) is 2. The molecule has 0 aromatic heterocycles. The molecule has 1 aromatic carbocycles. The highest BCUT2D eigenvalue weighted by Crippen LogP contribution is 2.41. The van der Waals surface area contributed by atoms with E-state index in [-0.39, 0.29) is 18.4 Å². The highest BCUT2D eigenvalue weighted by atomic mass is 35.5. The molecule has 21 heavy (non-hydrogen) atoms. The predicted octanol–water partition coefficient (Wildman–Crippen LogP) is 3.55. The van der Waals surface area contributed by atoms with Crippen molar-refractivity contribution in [2.45, 2.75) is 45.1 Å². The molecule has 2 N–H and O–H groups in total. The van der Waals surface area contributed by atoms with E-state index in [0.29, 0.717) is 17.9 Å². The maximum atomic E-state index is 12.2. The van der Waals surface area contributed by atoms with Gasteiger partial charge in [0.1, 0.15) is 0 Å². The summed E-state index contributed by atoms with van der Waals surface area (Å²) in [5.74, 6) is -1.07. The average Bonchev–Trinajstić information content (AvgIpc) is 2.88. The highest BCUT2D eigenvalue weighted by Gasteiger charge is 2.43. The molecular formula is C16H20ClNO3. The number of nitrogens with one attached hydrogen (secondary N) is 1. The minimum absolute atomic E-state index is 0.0488. The second-order valence-corrected chi connectivity index (χ2v) is 6.25. The first-order valence-corrected chi connectivity index (χ1v) is 7.59. The molecule has 0 aliphatic heterocycles. The van der Waals surface area contributed by atoms with Crippen LogP contribution in [0.25, 0.3) is 0 Å². The molecule has 0 saturated heterocycles. The summed E-state index contributed by atoms with van der Waals surface area (Å²) < 4.78 is 0. The van der Waals surface area contributed by atoms with Gasteiger partial charge in [-0.05, 0) is 37.5 Å². The van der Waals surface area contributed by atoms with Crippen molar-refractivity contribution in [3.05, 3.63) is 34.9 Å². The highest BCUT2D eigenvalue weighted by molar-refractivity contribution is 6.30. The lowest BCUT2D eigenvalue weighted by Crippen LogP contribution is -2.36. The van der Waals surface area contributed by atoms with Crippen molar-refractivity contribution in [1.82, 2.24) is 5.32 Å². The summed E-state index contributed by atoms with van der Waals surface area (Å²) in [6.07, 6.45) is 2.97. The van der Waals surface area contributed by atoms with Gasteiger partial charge in [-0.2, -0.15) is 0 Å². The summed E-state index contributed by atoms with van der Waals surface area (Å²) in [6.45, 7) is 1.87. The van der Waals surface area contributed by atoms with E-state index in [4.69, 9.17) is 11.6 Å². The molecule has 1 aliphatic carbocycles. The molecule has 5 heteroatoms. The average molecular weight is 310 g/mol. The molecule has 2 rings (SSSR count). The number of rotatable bonds is 5. The molecule has 0 spiro atoms. The SMILES string of the molecule is C[C@H](NC(=O)CC1(C(=O)O)CCCC1)c1cccc(Cl)c1. The summed E-state index contributed by atoms with van der Waals surface area (Å²) in [5.41, 5.74) is 0.0321. The third kappa shape index (κ3) is 3.76. The number of aliphatic carboxylic acids is 1. The number of carboxylic acids is 1. The molecule has 1 saturated carbocycles. The first kappa shape index (κ1) is 15.8. The topological polar surface area (TPSA) is 66.4 Å². The molecular weight excluding hydrogens is 290 g/mol. The first-order valence-electron chi connectivity index (χ1n) is 7.21. The molecule has 1 aromatic rings. The van der Waals surface area contributed by atoms with Gasteiger partial charge in [0.05, 0.1) is 11.5 Å². The standard InChI is InChI=1S/C16H20ClNO3/c1-11(12-5-4-6-13(17)9-12)18-14(19)10-16(15(20)21)7-2-3-8-16/h4-6,9,11H,2-3,7-8,10H2,1H3,(H,18,19)(H,20,21)/t11-/m0/s1. The van der Waals surface area contributed by atoms with Crippen LogP contribution in [0.3, 0.4) is 0 Å². The third-order valence-electron chi connectivity index (χ3n) is 4.24. The third-order valence-corrected chi connectivity index (χ3v) is 4.47. The zero-order valence-electron chi connectivity index (χ0n) is 12.1. The minimum atomic E-state index is -0.877. The fourth-order valence-electron chi connectivity index (χ4n) is 2.98. The van der Waals surface area contributed by atoms with E-state index in [1.807, 2.05) is 19.1 Å². The Morgan fingerprint density at radius 3 is 2.62 bits per heavy atom. The van der Waals surface area contributed by atoms with Gasteiger partial charge in [0.15, 0.2) is 0 Å². The van der Waals surface area contributed by atoms with Gasteiger partial charge in [-0.3, -0.25) is 9.59 Å². The van der Waals surface area contributed by atoms with E-state index in [1.54, 1.807) is 12.1 Å². The number of amides is 1. The zero-order valence-corrected chi connectivity index (χ0v) is 12.8. The Kier molecular flexibility index (Phi) is 4.88. The number of carbonyl (C=O) groups is 2. The van der Waals surface area contributed by atoms with Gasteiger partial charge in [-0.15, -0.1) is 0 Å². The Hall–Kier alpha value is -1.55. The molecule has 0 heterocycles. The fourth-order valence-corrected chi connectivity index (χ4v) is 3.18. The second kappa shape index (κ2) is 6.48. The fraction of sp³-hybridized carbons (Fsp3) is 0.500. The van der Waals surface area contributed by atoms with Crippen LogP contribution in [0, 0.1) is 5.41 Å². The molecule has 0 unspecified atom stereocenters. The van der Waals surface area contributed by atoms with Gasteiger partial charge in [-0.25, -0.2) is 0 Å². The molecule has 0 radical (unpaired) electrons. The van der Waals surface area contributed by atoms with Gasteiger partial charge in [0.2, 0.25) is 5.91 Å². The molecule has 1 aliphatic rings.